The fourth-order valence-electron chi connectivity index (χ4n) is 2.88. The first kappa shape index (κ1) is 29.2. The number of nitrogens with one attached hydrogen (secondary N) is 1. The number of hydrogen-bond donors (Lipinski definition) is 1. The van der Waals surface area contributed by atoms with Gasteiger partial charge in [-0.1, -0.05) is 38.1 Å². The summed E-state index contributed by atoms with van der Waals surface area (Å²) in [5.41, 5.74) is 1.95. The van der Waals surface area contributed by atoms with Gasteiger partial charge in [0.05, 0.1) is 0 Å². The van der Waals surface area contributed by atoms with Crippen molar-refractivity contribution in [1.29, 1.82) is 0 Å². The maximum absolute atomic E-state index is 13.2. The van der Waals surface area contributed by atoms with Gasteiger partial charge in [-0.2, -0.15) is 0 Å². The summed E-state index contributed by atoms with van der Waals surface area (Å²) in [6.07, 6.45) is 3.06. The Hall–Kier alpha value is -0.806. The maximum atomic E-state index is 13.2. The highest BCUT2D eigenvalue weighted by atomic mass is 29.2. The molecule has 1 aromatic carbocycles. The van der Waals surface area contributed by atoms with Crippen molar-refractivity contribution in [2.75, 3.05) is 0 Å². The van der Waals surface area contributed by atoms with Gasteiger partial charge in [0, 0.05) is 5.56 Å². The van der Waals surface area contributed by atoms with E-state index < -0.39 is 39.3 Å². The third kappa shape index (κ3) is 10.9. The van der Waals surface area contributed by atoms with Crippen molar-refractivity contribution in [2.24, 2.45) is 0 Å². The van der Waals surface area contributed by atoms with Gasteiger partial charge in [0.15, 0.2) is 25.0 Å². The van der Waals surface area contributed by atoms with Gasteiger partial charge in [-0.25, -0.2) is 4.79 Å². The molecule has 1 aromatic rings. The summed E-state index contributed by atoms with van der Waals surface area (Å²) in [6, 6.07) is 5.73. The van der Waals surface area contributed by atoms with Crippen molar-refractivity contribution >= 4 is 54.6 Å². The summed E-state index contributed by atoms with van der Waals surface area (Å²) in [5.74, 6) is 0.488. The Morgan fingerprint density at radius 1 is 1.00 bits per heavy atom. The van der Waals surface area contributed by atoms with Crippen LogP contribution in [0.4, 0.5) is 4.79 Å². The van der Waals surface area contributed by atoms with Crippen LogP contribution in [-0.2, 0) is 18.8 Å². The fraction of sp³-hybridized carbons (Fsp3) is 0.571. The first-order valence-electron chi connectivity index (χ1n) is 11.1. The van der Waals surface area contributed by atoms with E-state index in [-0.39, 0.29) is 9.28 Å². The zero-order chi connectivity index (χ0) is 24.8. The highest BCUT2D eigenvalue weighted by Gasteiger charge is 2.50. The molecule has 0 aliphatic rings. The minimum Gasteiger partial charge on any atom is -0.454 e. The Morgan fingerprint density at radius 3 is 2.00 bits per heavy atom. The normalized spacial score (nSPS) is 13.1. The maximum Gasteiger partial charge on any atom is 0.443 e. The predicted molar refractivity (Wildman–Crippen MR) is 144 cm³/mol. The highest BCUT2D eigenvalue weighted by Crippen LogP contribution is 2.26. The van der Waals surface area contributed by atoms with Gasteiger partial charge in [0.1, 0.15) is 5.75 Å². The average Bonchev–Trinajstić information content (AvgIpc) is 2.57. The summed E-state index contributed by atoms with van der Waals surface area (Å²) in [7, 11) is -9.30. The first-order chi connectivity index (χ1) is 14.5. The minimum absolute atomic E-state index is 0.0657. The smallest absolute Gasteiger partial charge is 0.443 e. The molecular formula is C21H41NO5Si5. The summed E-state index contributed by atoms with van der Waals surface area (Å²) < 4.78 is 25.2. The molecular weight excluding hydrogens is 487 g/mol. The van der Waals surface area contributed by atoms with Crippen LogP contribution < -0.4 is 9.72 Å². The largest absolute Gasteiger partial charge is 0.454 e. The number of carbonyl (C=O) groups excluding carboxylic acids is 1. The lowest BCUT2D eigenvalue weighted by atomic mass is 10.0. The molecule has 0 aromatic heterocycles. The van der Waals surface area contributed by atoms with Crippen molar-refractivity contribution in [1.82, 2.24) is 4.98 Å². The van der Waals surface area contributed by atoms with E-state index in [1.807, 2.05) is 12.1 Å². The standard InChI is InChI=1S/C21H41NO5Si5/c1-12-15-18-16-14-17-20(19(18)13-2)24-21(23)22-32(26-30(6,7)8,27-31(9,10)11)28-25-29(3,4)5/h13-14,16-17H,2,12,15H2,1,3-11H3,(H,22,23). The molecule has 11 heteroatoms. The molecule has 0 saturated heterocycles. The Morgan fingerprint density at radius 2 is 1.56 bits per heavy atom. The zero-order valence-corrected chi connectivity index (χ0v) is 26.5. The number of carbonyl (C=O) groups is 1. The molecule has 0 fully saturated rings. The fourth-order valence-corrected chi connectivity index (χ4v) is 23.9. The average molecular weight is 528 g/mol. The van der Waals surface area contributed by atoms with Crippen LogP contribution in [0, 0.1) is 0 Å². The van der Waals surface area contributed by atoms with Crippen molar-refractivity contribution in [3.05, 3.63) is 35.9 Å². The second kappa shape index (κ2) is 11.6. The third-order valence-electron chi connectivity index (χ3n) is 3.74. The summed E-state index contributed by atoms with van der Waals surface area (Å²) in [4.78, 5) is 16.2. The number of aryl methyl sites for hydroxylation is 1. The van der Waals surface area contributed by atoms with E-state index in [9.17, 15) is 4.79 Å². The molecule has 6 nitrogen and oxygen atoms in total. The summed E-state index contributed by atoms with van der Waals surface area (Å²) in [6.45, 7) is 25.0. The summed E-state index contributed by atoms with van der Waals surface area (Å²) in [5, 5.41) is 0. The molecule has 32 heavy (non-hydrogen) atoms. The van der Waals surface area contributed by atoms with Gasteiger partial charge in [-0.3, -0.25) is 0 Å². The molecule has 0 aliphatic heterocycles. The Bertz CT molecular complexity index is 768. The molecule has 0 heterocycles. The van der Waals surface area contributed by atoms with Crippen molar-refractivity contribution < 1.29 is 21.9 Å². The summed E-state index contributed by atoms with van der Waals surface area (Å²) >= 11 is 0. The number of amides is 1. The van der Waals surface area contributed by atoms with E-state index in [4.69, 9.17) is 17.1 Å². The molecule has 1 rings (SSSR count). The molecule has 1 N–H and O–H groups in total. The topological polar surface area (TPSA) is 66.0 Å². The zero-order valence-electron chi connectivity index (χ0n) is 21.5. The van der Waals surface area contributed by atoms with E-state index in [0.29, 0.717) is 5.75 Å². The quantitative estimate of drug-likeness (QED) is 0.339. The van der Waals surface area contributed by atoms with E-state index in [2.05, 4.69) is 77.4 Å². The number of ether oxygens (including phenoxy) is 1. The van der Waals surface area contributed by atoms with Crippen LogP contribution in [0.5, 0.6) is 5.75 Å². The van der Waals surface area contributed by atoms with Crippen LogP contribution in [0.2, 0.25) is 58.9 Å². The number of rotatable bonds is 12. The third-order valence-corrected chi connectivity index (χ3v) is 18.5. The second-order valence-electron chi connectivity index (χ2n) is 10.7. The van der Waals surface area contributed by atoms with Crippen LogP contribution in [0.25, 0.3) is 6.08 Å². The molecule has 0 atom stereocenters. The van der Waals surface area contributed by atoms with E-state index >= 15 is 0 Å². The Labute approximate surface area is 201 Å². The lowest BCUT2D eigenvalue weighted by molar-refractivity contribution is 0.202. The van der Waals surface area contributed by atoms with Crippen LogP contribution in [-0.4, -0.2) is 48.6 Å². The molecule has 0 bridgehead atoms. The van der Waals surface area contributed by atoms with Crippen LogP contribution >= 0.6 is 0 Å². The van der Waals surface area contributed by atoms with Crippen molar-refractivity contribution in [3.8, 4) is 5.75 Å². The van der Waals surface area contributed by atoms with Crippen molar-refractivity contribution in [2.45, 2.75) is 78.7 Å². The lowest BCUT2D eigenvalue weighted by Crippen LogP contribution is -2.71. The number of benzene rings is 1. The van der Waals surface area contributed by atoms with E-state index in [0.717, 1.165) is 24.0 Å². The van der Waals surface area contributed by atoms with Gasteiger partial charge in [-0.15, -0.1) is 0 Å². The Balaban J connectivity index is 3.28. The minimum atomic E-state index is -3.24. The van der Waals surface area contributed by atoms with E-state index in [1.165, 1.54) is 0 Å². The van der Waals surface area contributed by atoms with Gasteiger partial charge in [0.2, 0.25) is 0 Å². The van der Waals surface area contributed by atoms with E-state index in [1.54, 1.807) is 12.1 Å². The van der Waals surface area contributed by atoms with Crippen LogP contribution in [0.15, 0.2) is 24.8 Å². The molecule has 0 spiro atoms. The lowest BCUT2D eigenvalue weighted by Gasteiger charge is -2.40. The Kier molecular flexibility index (Phi) is 10.6. The molecule has 0 saturated carbocycles. The molecule has 0 aliphatic carbocycles. The SMILES string of the molecule is C=Cc1c(CCC)cccc1OC(=O)N[Si](O[Si](C)(C)C)(O[Si](C)(C)C)[Si]O[Si](C)(C)C. The monoisotopic (exact) mass is 527 g/mol. The van der Waals surface area contributed by atoms with Gasteiger partial charge in [-0.05, 0) is 77.0 Å². The highest BCUT2D eigenvalue weighted by molar-refractivity contribution is 7.20. The van der Waals surface area contributed by atoms with Crippen molar-refractivity contribution in [3.63, 3.8) is 0 Å². The first-order valence-corrected chi connectivity index (χ1v) is 25.0. The predicted octanol–water partition coefficient (Wildman–Crippen LogP) is 5.98. The van der Waals surface area contributed by atoms with Crippen LogP contribution in [0.1, 0.15) is 24.5 Å². The molecule has 1 amide bonds. The molecule has 180 valence electrons. The molecule has 0 unspecified atom stereocenters. The number of hydrogen-bond acceptors (Lipinski definition) is 5. The van der Waals surface area contributed by atoms with Gasteiger partial charge >= 0.3 is 23.6 Å². The second-order valence-corrected chi connectivity index (χ2v) is 30.1. The van der Waals surface area contributed by atoms with Gasteiger partial charge in [0.25, 0.3) is 0 Å². The molecule has 2 radical (unpaired) electrons. The van der Waals surface area contributed by atoms with Crippen LogP contribution in [0.3, 0.4) is 0 Å². The van der Waals surface area contributed by atoms with Gasteiger partial charge < -0.3 is 22.1 Å².